The van der Waals surface area contributed by atoms with E-state index >= 15 is 0 Å². The molecule has 4 heteroatoms. The normalized spacial score (nSPS) is 10.4. The first-order valence-electron chi connectivity index (χ1n) is 5.74. The molecule has 0 aliphatic rings. The van der Waals surface area contributed by atoms with Gasteiger partial charge in [-0.3, -0.25) is 0 Å². The Balaban J connectivity index is 2.02. The topological polar surface area (TPSA) is 61.3 Å². The number of hydrogen-bond donors (Lipinski definition) is 1. The van der Waals surface area contributed by atoms with Crippen molar-refractivity contribution in [3.05, 3.63) is 30.5 Å². The first kappa shape index (κ1) is 11.5. The predicted octanol–water partition coefficient (Wildman–Crippen LogP) is 3.10. The zero-order valence-electron chi connectivity index (χ0n) is 9.85. The van der Waals surface area contributed by atoms with E-state index in [0.29, 0.717) is 5.76 Å². The van der Waals surface area contributed by atoms with Crippen molar-refractivity contribution in [1.29, 1.82) is 0 Å². The summed E-state index contributed by atoms with van der Waals surface area (Å²) in [5, 5.41) is 0. The van der Waals surface area contributed by atoms with Gasteiger partial charge in [0.1, 0.15) is 5.75 Å². The van der Waals surface area contributed by atoms with E-state index in [2.05, 4.69) is 11.9 Å². The first-order chi connectivity index (χ1) is 8.29. The number of rotatable bonds is 5. The van der Waals surface area contributed by atoms with Gasteiger partial charge < -0.3 is 14.9 Å². The standard InChI is InChI=1S/C13H16N2O2/c1-2-3-8-16-11-6-4-10(5-7-11)12-9-15-13(14)17-12/h4-7,9H,2-3,8H2,1H3,(H2,14,15). The van der Waals surface area contributed by atoms with Crippen molar-refractivity contribution in [2.24, 2.45) is 0 Å². The maximum Gasteiger partial charge on any atom is 0.292 e. The highest BCUT2D eigenvalue weighted by molar-refractivity contribution is 5.58. The molecular formula is C13H16N2O2. The Labute approximate surface area is 100 Å². The summed E-state index contributed by atoms with van der Waals surface area (Å²) in [6.45, 7) is 2.89. The number of unbranched alkanes of at least 4 members (excludes halogenated alkanes) is 1. The molecule has 2 aromatic rings. The fourth-order valence-corrected chi connectivity index (χ4v) is 1.47. The molecule has 0 amide bonds. The van der Waals surface area contributed by atoms with Crippen LogP contribution < -0.4 is 10.5 Å². The van der Waals surface area contributed by atoms with Crippen LogP contribution >= 0.6 is 0 Å². The minimum atomic E-state index is 0.184. The predicted molar refractivity (Wildman–Crippen MR) is 66.8 cm³/mol. The van der Waals surface area contributed by atoms with Crippen LogP contribution in [0.5, 0.6) is 5.75 Å². The van der Waals surface area contributed by atoms with E-state index in [4.69, 9.17) is 14.9 Å². The van der Waals surface area contributed by atoms with E-state index in [1.807, 2.05) is 24.3 Å². The Bertz CT molecular complexity index is 463. The summed E-state index contributed by atoms with van der Waals surface area (Å²) in [6, 6.07) is 7.89. The van der Waals surface area contributed by atoms with Crippen LogP contribution in [0, 0.1) is 0 Å². The van der Waals surface area contributed by atoms with Crippen molar-refractivity contribution in [1.82, 2.24) is 4.98 Å². The lowest BCUT2D eigenvalue weighted by atomic mass is 10.2. The van der Waals surface area contributed by atoms with Crippen molar-refractivity contribution >= 4 is 6.01 Å². The Morgan fingerprint density at radius 2 is 2.06 bits per heavy atom. The largest absolute Gasteiger partial charge is 0.494 e. The van der Waals surface area contributed by atoms with Crippen LogP contribution in [0.1, 0.15) is 19.8 Å². The Morgan fingerprint density at radius 3 is 2.65 bits per heavy atom. The third-order valence-corrected chi connectivity index (χ3v) is 2.43. The highest BCUT2D eigenvalue weighted by Gasteiger charge is 2.03. The van der Waals surface area contributed by atoms with Gasteiger partial charge >= 0.3 is 0 Å². The fraction of sp³-hybridized carbons (Fsp3) is 0.308. The SMILES string of the molecule is CCCCOc1ccc(-c2cnc(N)o2)cc1. The molecule has 2 rings (SSSR count). The third-order valence-electron chi connectivity index (χ3n) is 2.43. The summed E-state index contributed by atoms with van der Waals surface area (Å²) >= 11 is 0. The number of ether oxygens (including phenoxy) is 1. The molecule has 1 aromatic carbocycles. The minimum Gasteiger partial charge on any atom is -0.494 e. The molecule has 17 heavy (non-hydrogen) atoms. The molecule has 0 unspecified atom stereocenters. The van der Waals surface area contributed by atoms with Crippen molar-refractivity contribution in [3.63, 3.8) is 0 Å². The van der Waals surface area contributed by atoms with Crippen molar-refractivity contribution < 1.29 is 9.15 Å². The first-order valence-corrected chi connectivity index (χ1v) is 5.74. The number of nitrogens with zero attached hydrogens (tertiary/aromatic N) is 1. The smallest absolute Gasteiger partial charge is 0.292 e. The number of nitrogen functional groups attached to an aromatic ring is 1. The second-order valence-corrected chi connectivity index (χ2v) is 3.79. The highest BCUT2D eigenvalue weighted by Crippen LogP contribution is 2.23. The molecule has 0 spiro atoms. The molecule has 0 aliphatic heterocycles. The van der Waals surface area contributed by atoms with Gasteiger partial charge in [-0.2, -0.15) is 0 Å². The van der Waals surface area contributed by atoms with E-state index < -0.39 is 0 Å². The fourth-order valence-electron chi connectivity index (χ4n) is 1.47. The van der Waals surface area contributed by atoms with E-state index in [1.54, 1.807) is 6.20 Å². The molecule has 90 valence electrons. The lowest BCUT2D eigenvalue weighted by Gasteiger charge is -2.05. The number of oxazole rings is 1. The summed E-state index contributed by atoms with van der Waals surface area (Å²) in [5.41, 5.74) is 6.37. The van der Waals surface area contributed by atoms with Gasteiger partial charge in [-0.05, 0) is 30.7 Å². The highest BCUT2D eigenvalue weighted by atomic mass is 16.5. The number of anilines is 1. The number of aromatic nitrogens is 1. The van der Waals surface area contributed by atoms with E-state index in [-0.39, 0.29) is 6.01 Å². The van der Waals surface area contributed by atoms with Crippen LogP contribution in [0.4, 0.5) is 6.01 Å². The van der Waals surface area contributed by atoms with Gasteiger partial charge in [0.2, 0.25) is 0 Å². The van der Waals surface area contributed by atoms with Gasteiger partial charge in [-0.1, -0.05) is 13.3 Å². The summed E-state index contributed by atoms with van der Waals surface area (Å²) < 4.78 is 10.8. The van der Waals surface area contributed by atoms with Gasteiger partial charge in [0, 0.05) is 5.56 Å². The number of nitrogens with two attached hydrogens (primary N) is 1. The second-order valence-electron chi connectivity index (χ2n) is 3.79. The van der Waals surface area contributed by atoms with Crippen LogP contribution in [0.3, 0.4) is 0 Å². The van der Waals surface area contributed by atoms with Crippen molar-refractivity contribution in [2.75, 3.05) is 12.3 Å². The molecule has 1 heterocycles. The summed E-state index contributed by atoms with van der Waals surface area (Å²) in [4.78, 5) is 3.86. The average Bonchev–Trinajstić information content (AvgIpc) is 2.77. The average molecular weight is 232 g/mol. The molecule has 4 nitrogen and oxygen atoms in total. The molecule has 0 radical (unpaired) electrons. The lowest BCUT2D eigenvalue weighted by Crippen LogP contribution is -1.95. The minimum absolute atomic E-state index is 0.184. The summed E-state index contributed by atoms with van der Waals surface area (Å²) in [6.07, 6.45) is 3.82. The molecule has 0 aliphatic carbocycles. The second kappa shape index (κ2) is 5.39. The maximum atomic E-state index is 5.57. The van der Waals surface area contributed by atoms with Crippen LogP contribution in [0.15, 0.2) is 34.9 Å². The molecule has 0 saturated carbocycles. The quantitative estimate of drug-likeness (QED) is 0.804. The van der Waals surface area contributed by atoms with Crippen LogP contribution in [-0.4, -0.2) is 11.6 Å². The van der Waals surface area contributed by atoms with E-state index in [9.17, 15) is 0 Å². The summed E-state index contributed by atoms with van der Waals surface area (Å²) in [7, 11) is 0. The monoisotopic (exact) mass is 232 g/mol. The third kappa shape index (κ3) is 3.00. The lowest BCUT2D eigenvalue weighted by molar-refractivity contribution is 0.309. The Kier molecular flexibility index (Phi) is 3.65. The Morgan fingerprint density at radius 1 is 1.29 bits per heavy atom. The van der Waals surface area contributed by atoms with Gasteiger partial charge in [0.25, 0.3) is 6.01 Å². The van der Waals surface area contributed by atoms with E-state index in [0.717, 1.165) is 30.8 Å². The van der Waals surface area contributed by atoms with Gasteiger partial charge in [-0.15, -0.1) is 0 Å². The Hall–Kier alpha value is -1.97. The number of benzene rings is 1. The van der Waals surface area contributed by atoms with Gasteiger partial charge in [0.15, 0.2) is 5.76 Å². The summed E-state index contributed by atoms with van der Waals surface area (Å²) in [5.74, 6) is 1.54. The molecular weight excluding hydrogens is 216 g/mol. The van der Waals surface area contributed by atoms with Crippen molar-refractivity contribution in [3.8, 4) is 17.1 Å². The number of hydrogen-bond acceptors (Lipinski definition) is 4. The molecule has 2 N–H and O–H groups in total. The molecule has 0 bridgehead atoms. The van der Waals surface area contributed by atoms with Gasteiger partial charge in [0.05, 0.1) is 12.8 Å². The van der Waals surface area contributed by atoms with Crippen molar-refractivity contribution in [2.45, 2.75) is 19.8 Å². The van der Waals surface area contributed by atoms with Crippen LogP contribution in [0.2, 0.25) is 0 Å². The van der Waals surface area contributed by atoms with Crippen LogP contribution in [-0.2, 0) is 0 Å². The molecule has 0 saturated heterocycles. The van der Waals surface area contributed by atoms with E-state index in [1.165, 1.54) is 0 Å². The maximum absolute atomic E-state index is 5.57. The van der Waals surface area contributed by atoms with Crippen LogP contribution in [0.25, 0.3) is 11.3 Å². The molecule has 0 atom stereocenters. The zero-order valence-corrected chi connectivity index (χ0v) is 9.85. The molecule has 1 aromatic heterocycles. The zero-order chi connectivity index (χ0) is 12.1. The van der Waals surface area contributed by atoms with Gasteiger partial charge in [-0.25, -0.2) is 4.98 Å². The molecule has 0 fully saturated rings.